The lowest BCUT2D eigenvalue weighted by Crippen LogP contribution is -1.89. The fraction of sp³-hybridized carbons (Fsp3) is 0.214. The summed E-state index contributed by atoms with van der Waals surface area (Å²) >= 11 is 0. The molecule has 0 saturated heterocycles. The SMILES string of the molecule is Fc1cccc(-c2cnccc2C2CC2)c1. The second-order valence-corrected chi connectivity index (χ2v) is 4.25. The highest BCUT2D eigenvalue weighted by Gasteiger charge is 2.26. The lowest BCUT2D eigenvalue weighted by atomic mass is 9.99. The zero-order valence-electron chi connectivity index (χ0n) is 8.86. The van der Waals surface area contributed by atoms with Crippen LogP contribution in [0.5, 0.6) is 0 Å². The molecule has 1 aromatic carbocycles. The Morgan fingerprint density at radius 3 is 2.81 bits per heavy atom. The first kappa shape index (κ1) is 9.52. The lowest BCUT2D eigenvalue weighted by Gasteiger charge is -2.07. The molecule has 0 radical (unpaired) electrons. The van der Waals surface area contributed by atoms with Gasteiger partial charge in [-0.3, -0.25) is 4.98 Å². The Morgan fingerprint density at radius 2 is 2.06 bits per heavy atom. The van der Waals surface area contributed by atoms with Crippen molar-refractivity contribution in [2.75, 3.05) is 0 Å². The summed E-state index contributed by atoms with van der Waals surface area (Å²) in [5.41, 5.74) is 3.31. The molecule has 1 aromatic heterocycles. The van der Waals surface area contributed by atoms with Gasteiger partial charge < -0.3 is 0 Å². The maximum absolute atomic E-state index is 13.2. The van der Waals surface area contributed by atoms with Crippen molar-refractivity contribution in [3.8, 4) is 11.1 Å². The van der Waals surface area contributed by atoms with Crippen molar-refractivity contribution in [3.63, 3.8) is 0 Å². The first-order valence-corrected chi connectivity index (χ1v) is 5.54. The van der Waals surface area contributed by atoms with Crippen LogP contribution in [0, 0.1) is 5.82 Å². The van der Waals surface area contributed by atoms with Gasteiger partial charge in [-0.25, -0.2) is 4.39 Å². The molecule has 0 aliphatic heterocycles. The Balaban J connectivity index is 2.11. The molecular weight excluding hydrogens is 201 g/mol. The zero-order valence-corrected chi connectivity index (χ0v) is 8.86. The first-order chi connectivity index (χ1) is 7.84. The van der Waals surface area contributed by atoms with Crippen LogP contribution >= 0.6 is 0 Å². The van der Waals surface area contributed by atoms with Crippen LogP contribution < -0.4 is 0 Å². The quantitative estimate of drug-likeness (QED) is 0.740. The summed E-state index contributed by atoms with van der Waals surface area (Å²) in [6.45, 7) is 0. The minimum absolute atomic E-state index is 0.192. The molecule has 3 rings (SSSR count). The highest BCUT2D eigenvalue weighted by atomic mass is 19.1. The van der Waals surface area contributed by atoms with Crippen molar-refractivity contribution in [2.24, 2.45) is 0 Å². The molecule has 1 aliphatic rings. The van der Waals surface area contributed by atoms with Crippen LogP contribution in [0.15, 0.2) is 42.7 Å². The Hall–Kier alpha value is -1.70. The molecule has 0 bridgehead atoms. The van der Waals surface area contributed by atoms with Crippen molar-refractivity contribution in [3.05, 3.63) is 54.1 Å². The number of hydrogen-bond acceptors (Lipinski definition) is 1. The van der Waals surface area contributed by atoms with Crippen molar-refractivity contribution >= 4 is 0 Å². The van der Waals surface area contributed by atoms with E-state index in [0.717, 1.165) is 11.1 Å². The number of halogens is 1. The Bertz CT molecular complexity index is 518. The van der Waals surface area contributed by atoms with E-state index in [1.807, 2.05) is 18.5 Å². The van der Waals surface area contributed by atoms with E-state index in [9.17, 15) is 4.39 Å². The summed E-state index contributed by atoms with van der Waals surface area (Å²) in [5.74, 6) is 0.462. The molecule has 0 unspecified atom stereocenters. The van der Waals surface area contributed by atoms with Crippen LogP contribution in [0.2, 0.25) is 0 Å². The average molecular weight is 213 g/mol. The van der Waals surface area contributed by atoms with E-state index in [1.165, 1.54) is 24.5 Å². The summed E-state index contributed by atoms with van der Waals surface area (Å²) in [7, 11) is 0. The smallest absolute Gasteiger partial charge is 0.123 e. The van der Waals surface area contributed by atoms with Crippen LogP contribution in [-0.2, 0) is 0 Å². The maximum Gasteiger partial charge on any atom is 0.123 e. The summed E-state index contributed by atoms with van der Waals surface area (Å²) in [6, 6.07) is 8.78. The van der Waals surface area contributed by atoms with Crippen molar-refractivity contribution < 1.29 is 4.39 Å². The fourth-order valence-electron chi connectivity index (χ4n) is 2.05. The molecule has 1 heterocycles. The summed E-state index contributed by atoms with van der Waals surface area (Å²) in [5, 5.41) is 0. The normalized spacial score (nSPS) is 15.1. The molecule has 2 aromatic rings. The number of nitrogens with zero attached hydrogens (tertiary/aromatic N) is 1. The van der Waals surface area contributed by atoms with Gasteiger partial charge in [0.05, 0.1) is 0 Å². The number of pyridine rings is 1. The van der Waals surface area contributed by atoms with Gasteiger partial charge in [0.2, 0.25) is 0 Å². The van der Waals surface area contributed by atoms with Crippen LogP contribution in [0.4, 0.5) is 4.39 Å². The largest absolute Gasteiger partial charge is 0.264 e. The predicted octanol–water partition coefficient (Wildman–Crippen LogP) is 3.77. The molecular formula is C14H12FN. The first-order valence-electron chi connectivity index (χ1n) is 5.54. The summed E-state index contributed by atoms with van der Waals surface area (Å²) < 4.78 is 13.2. The number of rotatable bonds is 2. The lowest BCUT2D eigenvalue weighted by molar-refractivity contribution is 0.628. The zero-order chi connectivity index (χ0) is 11.0. The Labute approximate surface area is 94.0 Å². The predicted molar refractivity (Wildman–Crippen MR) is 61.6 cm³/mol. The number of benzene rings is 1. The number of hydrogen-bond donors (Lipinski definition) is 0. The minimum atomic E-state index is -0.192. The summed E-state index contributed by atoms with van der Waals surface area (Å²) in [4.78, 5) is 4.14. The van der Waals surface area contributed by atoms with E-state index < -0.39 is 0 Å². The topological polar surface area (TPSA) is 12.9 Å². The molecule has 0 spiro atoms. The maximum atomic E-state index is 13.2. The molecule has 1 nitrogen and oxygen atoms in total. The molecule has 0 N–H and O–H groups in total. The van der Waals surface area contributed by atoms with E-state index >= 15 is 0 Å². The van der Waals surface area contributed by atoms with Crippen LogP contribution in [0.25, 0.3) is 11.1 Å². The molecule has 1 aliphatic carbocycles. The Kier molecular flexibility index (Phi) is 2.21. The van der Waals surface area contributed by atoms with Gasteiger partial charge in [-0.05, 0) is 48.1 Å². The molecule has 1 saturated carbocycles. The van der Waals surface area contributed by atoms with E-state index in [1.54, 1.807) is 12.1 Å². The second-order valence-electron chi connectivity index (χ2n) is 4.25. The molecule has 1 fully saturated rings. The van der Waals surface area contributed by atoms with Crippen molar-refractivity contribution in [1.82, 2.24) is 4.98 Å². The van der Waals surface area contributed by atoms with Crippen molar-refractivity contribution in [2.45, 2.75) is 18.8 Å². The van der Waals surface area contributed by atoms with E-state index in [4.69, 9.17) is 0 Å². The van der Waals surface area contributed by atoms with Gasteiger partial charge in [0.25, 0.3) is 0 Å². The van der Waals surface area contributed by atoms with Gasteiger partial charge in [0.1, 0.15) is 5.82 Å². The van der Waals surface area contributed by atoms with Crippen molar-refractivity contribution in [1.29, 1.82) is 0 Å². The summed E-state index contributed by atoms with van der Waals surface area (Å²) in [6.07, 6.45) is 6.14. The van der Waals surface area contributed by atoms with Gasteiger partial charge in [-0.1, -0.05) is 12.1 Å². The third kappa shape index (κ3) is 1.71. The third-order valence-corrected chi connectivity index (χ3v) is 3.01. The van der Waals surface area contributed by atoms with E-state index in [-0.39, 0.29) is 5.82 Å². The standard InChI is InChI=1S/C14H12FN/c15-12-3-1-2-11(8-12)14-9-16-7-6-13(14)10-4-5-10/h1-3,6-10H,4-5H2. The monoisotopic (exact) mass is 213 g/mol. The second kappa shape index (κ2) is 3.71. The van der Waals surface area contributed by atoms with Gasteiger partial charge >= 0.3 is 0 Å². The molecule has 80 valence electrons. The van der Waals surface area contributed by atoms with Gasteiger partial charge in [0.15, 0.2) is 0 Å². The molecule has 16 heavy (non-hydrogen) atoms. The number of aromatic nitrogens is 1. The highest BCUT2D eigenvalue weighted by Crippen LogP contribution is 2.43. The van der Waals surface area contributed by atoms with E-state index in [2.05, 4.69) is 11.1 Å². The van der Waals surface area contributed by atoms with Crippen LogP contribution in [-0.4, -0.2) is 4.98 Å². The van der Waals surface area contributed by atoms with Gasteiger partial charge in [-0.2, -0.15) is 0 Å². The highest BCUT2D eigenvalue weighted by molar-refractivity contribution is 5.67. The van der Waals surface area contributed by atoms with Crippen LogP contribution in [0.3, 0.4) is 0 Å². The van der Waals surface area contributed by atoms with Gasteiger partial charge in [-0.15, -0.1) is 0 Å². The molecule has 0 atom stereocenters. The van der Waals surface area contributed by atoms with E-state index in [0.29, 0.717) is 5.92 Å². The fourth-order valence-corrected chi connectivity index (χ4v) is 2.05. The van der Waals surface area contributed by atoms with Gasteiger partial charge in [0, 0.05) is 18.0 Å². The Morgan fingerprint density at radius 1 is 1.19 bits per heavy atom. The minimum Gasteiger partial charge on any atom is -0.264 e. The average Bonchev–Trinajstić information content (AvgIpc) is 3.13. The van der Waals surface area contributed by atoms with Crippen LogP contribution in [0.1, 0.15) is 24.3 Å². The molecule has 0 amide bonds. The molecule has 2 heteroatoms. The third-order valence-electron chi connectivity index (χ3n) is 3.01.